The lowest BCUT2D eigenvalue weighted by atomic mass is 10.2. The molecule has 0 bridgehead atoms. The number of nitrogens with one attached hydrogen (secondary N) is 3. The minimum absolute atomic E-state index is 0.0317. The first-order valence-corrected chi connectivity index (χ1v) is 7.39. The molecule has 3 amide bonds. The maximum absolute atomic E-state index is 11.9. The fourth-order valence-electron chi connectivity index (χ4n) is 1.58. The van der Waals surface area contributed by atoms with Gasteiger partial charge in [0.2, 0.25) is 17.7 Å². The Bertz CT molecular complexity index is 507. The molecule has 0 aromatic carbocycles. The summed E-state index contributed by atoms with van der Waals surface area (Å²) in [5, 5.41) is 24.1. The maximum atomic E-state index is 11.9. The number of amides is 3. The zero-order valence-corrected chi connectivity index (χ0v) is 13.8. The predicted molar refractivity (Wildman–Crippen MR) is 81.9 cm³/mol. The van der Waals surface area contributed by atoms with Crippen LogP contribution in [-0.2, 0) is 24.0 Å². The molecule has 10 heteroatoms. The zero-order chi connectivity index (χ0) is 18.9. The van der Waals surface area contributed by atoms with Crippen LogP contribution in [0.5, 0.6) is 0 Å². The maximum Gasteiger partial charge on any atom is 0.325 e. The van der Waals surface area contributed by atoms with Crippen molar-refractivity contribution in [1.29, 1.82) is 0 Å². The van der Waals surface area contributed by atoms with E-state index in [4.69, 9.17) is 10.2 Å². The van der Waals surface area contributed by atoms with Crippen molar-refractivity contribution in [2.75, 3.05) is 0 Å². The van der Waals surface area contributed by atoms with E-state index in [-0.39, 0.29) is 19.3 Å². The molecule has 0 heterocycles. The monoisotopic (exact) mass is 345 g/mol. The van der Waals surface area contributed by atoms with E-state index in [9.17, 15) is 24.0 Å². The van der Waals surface area contributed by atoms with E-state index >= 15 is 0 Å². The smallest absolute Gasteiger partial charge is 0.325 e. The minimum Gasteiger partial charge on any atom is -0.481 e. The predicted octanol–water partition coefficient (Wildman–Crippen LogP) is -1.16. The number of carbonyl (C=O) groups excluding carboxylic acids is 3. The second-order valence-corrected chi connectivity index (χ2v) is 5.34. The highest BCUT2D eigenvalue weighted by atomic mass is 16.4. The van der Waals surface area contributed by atoms with Gasteiger partial charge < -0.3 is 26.2 Å². The molecule has 3 atom stereocenters. The Morgan fingerprint density at radius 2 is 1.21 bits per heavy atom. The molecule has 0 saturated carbocycles. The number of carboxylic acids is 2. The van der Waals surface area contributed by atoms with Crippen molar-refractivity contribution in [2.24, 2.45) is 0 Å². The lowest BCUT2D eigenvalue weighted by molar-refractivity contribution is -0.141. The van der Waals surface area contributed by atoms with Gasteiger partial charge in [-0.15, -0.1) is 0 Å². The normalized spacial score (nSPS) is 14.0. The summed E-state index contributed by atoms with van der Waals surface area (Å²) in [6.07, 6.45) is -0.0234. The summed E-state index contributed by atoms with van der Waals surface area (Å²) in [5.41, 5.74) is 0. The van der Waals surface area contributed by atoms with Crippen LogP contribution in [0.15, 0.2) is 0 Å². The van der Waals surface area contributed by atoms with Crippen molar-refractivity contribution >= 4 is 29.7 Å². The van der Waals surface area contributed by atoms with Gasteiger partial charge in [-0.25, -0.2) is 0 Å². The lowest BCUT2D eigenvalue weighted by Crippen LogP contribution is -2.53. The molecule has 0 spiro atoms. The molecule has 10 nitrogen and oxygen atoms in total. The van der Waals surface area contributed by atoms with Gasteiger partial charge in [0.1, 0.15) is 18.1 Å². The Kier molecular flexibility index (Phi) is 9.06. The van der Waals surface area contributed by atoms with E-state index < -0.39 is 47.8 Å². The van der Waals surface area contributed by atoms with Gasteiger partial charge in [-0.2, -0.15) is 0 Å². The summed E-state index contributed by atoms with van der Waals surface area (Å²) in [6.45, 7) is 4.08. The van der Waals surface area contributed by atoms with Gasteiger partial charge >= 0.3 is 11.9 Å². The molecule has 0 saturated heterocycles. The minimum atomic E-state index is -1.20. The molecule has 0 aliphatic heterocycles. The topological polar surface area (TPSA) is 162 Å². The van der Waals surface area contributed by atoms with Gasteiger partial charge in [-0.05, 0) is 27.2 Å². The highest BCUT2D eigenvalue weighted by Gasteiger charge is 2.23. The summed E-state index contributed by atoms with van der Waals surface area (Å²) in [7, 11) is 0. The molecule has 0 rings (SSSR count). The van der Waals surface area contributed by atoms with Crippen molar-refractivity contribution in [3.8, 4) is 0 Å². The van der Waals surface area contributed by atoms with Crippen LogP contribution in [0.1, 0.15) is 40.0 Å². The fraction of sp³-hybridized carbons (Fsp3) is 0.643. The number of carbonyl (C=O) groups is 5. The van der Waals surface area contributed by atoms with Gasteiger partial charge in [0.15, 0.2) is 0 Å². The van der Waals surface area contributed by atoms with Crippen LogP contribution >= 0.6 is 0 Å². The molecule has 0 aromatic rings. The average molecular weight is 345 g/mol. The molecule has 0 aliphatic carbocycles. The standard InChI is InChI=1S/C14H23N3O7/c1-7(15-10(18)5-4-6-11(19)20)12(21)16-8(2)13(22)17-9(3)14(23)24/h7-9H,4-6H2,1-3H3,(H,15,18)(H,16,21)(H,17,22)(H,19,20)(H,23,24)/t7-,8-,9-/m0/s1. The molecular weight excluding hydrogens is 322 g/mol. The van der Waals surface area contributed by atoms with E-state index in [0.717, 1.165) is 0 Å². The largest absolute Gasteiger partial charge is 0.481 e. The molecule has 0 radical (unpaired) electrons. The average Bonchev–Trinajstić information content (AvgIpc) is 2.46. The lowest BCUT2D eigenvalue weighted by Gasteiger charge is -2.19. The molecule has 0 fully saturated rings. The Morgan fingerprint density at radius 3 is 1.67 bits per heavy atom. The van der Waals surface area contributed by atoms with E-state index in [1.54, 1.807) is 0 Å². The van der Waals surface area contributed by atoms with Crippen LogP contribution in [0.25, 0.3) is 0 Å². The summed E-state index contributed by atoms with van der Waals surface area (Å²) in [6, 6.07) is -3.00. The summed E-state index contributed by atoms with van der Waals surface area (Å²) < 4.78 is 0. The second-order valence-electron chi connectivity index (χ2n) is 5.34. The molecular formula is C14H23N3O7. The first kappa shape index (κ1) is 21.4. The molecule has 5 N–H and O–H groups in total. The van der Waals surface area contributed by atoms with Crippen LogP contribution in [0.2, 0.25) is 0 Å². The molecule has 0 unspecified atom stereocenters. The number of aliphatic carboxylic acids is 2. The van der Waals surface area contributed by atoms with Crippen molar-refractivity contribution in [2.45, 2.75) is 58.2 Å². The summed E-state index contributed by atoms with van der Waals surface area (Å²) >= 11 is 0. The Balaban J connectivity index is 4.29. The van der Waals surface area contributed by atoms with Gasteiger partial charge in [0, 0.05) is 12.8 Å². The summed E-state index contributed by atoms with van der Waals surface area (Å²) in [5.74, 6) is -3.98. The first-order valence-electron chi connectivity index (χ1n) is 7.39. The third-order valence-electron chi connectivity index (χ3n) is 3.05. The van der Waals surface area contributed by atoms with E-state index in [0.29, 0.717) is 0 Å². The van der Waals surface area contributed by atoms with Gasteiger partial charge in [0.25, 0.3) is 0 Å². The molecule has 0 aliphatic rings. The highest BCUT2D eigenvalue weighted by molar-refractivity contribution is 5.92. The fourth-order valence-corrected chi connectivity index (χ4v) is 1.58. The number of carboxylic acid groups (broad SMARTS) is 2. The molecule has 0 aromatic heterocycles. The summed E-state index contributed by atoms with van der Waals surface area (Å²) in [4.78, 5) is 56.1. The van der Waals surface area contributed by atoms with Crippen LogP contribution < -0.4 is 16.0 Å². The number of hydrogen-bond donors (Lipinski definition) is 5. The molecule has 24 heavy (non-hydrogen) atoms. The van der Waals surface area contributed by atoms with Gasteiger partial charge in [0.05, 0.1) is 0 Å². The van der Waals surface area contributed by atoms with Crippen molar-refractivity contribution < 1.29 is 34.2 Å². The highest BCUT2D eigenvalue weighted by Crippen LogP contribution is 1.96. The van der Waals surface area contributed by atoms with Crippen molar-refractivity contribution in [3.63, 3.8) is 0 Å². The Morgan fingerprint density at radius 1 is 0.750 bits per heavy atom. The SMILES string of the molecule is C[C@H](NC(=O)[C@H](C)NC(=O)[C@H](C)NC(=O)CCCC(=O)O)C(=O)O. The Labute approximate surface area is 139 Å². The third kappa shape index (κ3) is 8.71. The van der Waals surface area contributed by atoms with Crippen LogP contribution in [-0.4, -0.2) is 58.0 Å². The van der Waals surface area contributed by atoms with Crippen molar-refractivity contribution in [1.82, 2.24) is 16.0 Å². The van der Waals surface area contributed by atoms with E-state index in [1.165, 1.54) is 20.8 Å². The second kappa shape index (κ2) is 10.2. The van der Waals surface area contributed by atoms with Gasteiger partial charge in [-0.1, -0.05) is 0 Å². The van der Waals surface area contributed by atoms with Crippen LogP contribution in [0.4, 0.5) is 0 Å². The quantitative estimate of drug-likeness (QED) is 0.333. The van der Waals surface area contributed by atoms with Crippen LogP contribution in [0.3, 0.4) is 0 Å². The Hall–Kier alpha value is -2.65. The zero-order valence-electron chi connectivity index (χ0n) is 13.8. The number of rotatable bonds is 10. The van der Waals surface area contributed by atoms with E-state index in [1.807, 2.05) is 0 Å². The number of hydrogen-bond acceptors (Lipinski definition) is 5. The first-order chi connectivity index (χ1) is 11.0. The van der Waals surface area contributed by atoms with Gasteiger partial charge in [-0.3, -0.25) is 24.0 Å². The molecule has 136 valence electrons. The van der Waals surface area contributed by atoms with Crippen molar-refractivity contribution in [3.05, 3.63) is 0 Å². The van der Waals surface area contributed by atoms with Crippen LogP contribution in [0, 0.1) is 0 Å². The third-order valence-corrected chi connectivity index (χ3v) is 3.05. The van der Waals surface area contributed by atoms with E-state index in [2.05, 4.69) is 16.0 Å².